The zero-order valence-electron chi connectivity index (χ0n) is 9.78. The summed E-state index contributed by atoms with van der Waals surface area (Å²) >= 11 is 0. The molecule has 0 bridgehead atoms. The van der Waals surface area contributed by atoms with Crippen molar-refractivity contribution in [1.29, 1.82) is 0 Å². The second-order valence-electron chi connectivity index (χ2n) is 4.19. The molecule has 2 N–H and O–H groups in total. The molecule has 0 saturated heterocycles. The van der Waals surface area contributed by atoms with Crippen LogP contribution >= 0.6 is 0 Å². The number of aromatic hydroxyl groups is 1. The lowest BCUT2D eigenvalue weighted by Crippen LogP contribution is -2.04. The minimum absolute atomic E-state index is 0.0289. The summed E-state index contributed by atoms with van der Waals surface area (Å²) in [5.74, 6) is -4.22. The van der Waals surface area contributed by atoms with Crippen molar-refractivity contribution in [2.75, 3.05) is 0 Å². The van der Waals surface area contributed by atoms with Gasteiger partial charge < -0.3 is 10.2 Å². The number of phenols is 1. The Balaban J connectivity index is 2.23. The van der Waals surface area contributed by atoms with E-state index in [0.717, 1.165) is 12.1 Å². The molecule has 0 aliphatic carbocycles. The predicted octanol–water partition coefficient (Wildman–Crippen LogP) is 3.09. The SMILES string of the molecule is Oc1cccc(CC(O)c2cc(F)c(F)c(F)c2)c1. The monoisotopic (exact) mass is 268 g/mol. The van der Waals surface area contributed by atoms with Gasteiger partial charge in [0.15, 0.2) is 17.5 Å². The van der Waals surface area contributed by atoms with Crippen LogP contribution in [0, 0.1) is 17.5 Å². The van der Waals surface area contributed by atoms with Crippen LogP contribution in [-0.2, 0) is 6.42 Å². The Labute approximate surface area is 107 Å². The molecule has 0 radical (unpaired) electrons. The van der Waals surface area contributed by atoms with E-state index >= 15 is 0 Å². The van der Waals surface area contributed by atoms with Crippen molar-refractivity contribution >= 4 is 0 Å². The number of halogens is 3. The van der Waals surface area contributed by atoms with E-state index in [0.29, 0.717) is 5.56 Å². The maximum atomic E-state index is 13.0. The first kappa shape index (κ1) is 13.4. The molecule has 0 amide bonds. The van der Waals surface area contributed by atoms with Gasteiger partial charge in [0, 0.05) is 6.42 Å². The molecule has 0 saturated carbocycles. The quantitative estimate of drug-likeness (QED) is 0.840. The molecule has 0 aliphatic rings. The van der Waals surface area contributed by atoms with E-state index in [4.69, 9.17) is 0 Å². The number of rotatable bonds is 3. The zero-order valence-corrected chi connectivity index (χ0v) is 9.78. The van der Waals surface area contributed by atoms with Gasteiger partial charge in [0.25, 0.3) is 0 Å². The van der Waals surface area contributed by atoms with Crippen LogP contribution in [0.2, 0.25) is 0 Å². The third-order valence-corrected chi connectivity index (χ3v) is 2.73. The summed E-state index contributed by atoms with van der Waals surface area (Å²) in [5.41, 5.74) is 0.539. The molecule has 0 aromatic heterocycles. The van der Waals surface area contributed by atoms with Gasteiger partial charge in [0.1, 0.15) is 5.75 Å². The molecule has 1 unspecified atom stereocenters. The lowest BCUT2D eigenvalue weighted by Gasteiger charge is -2.12. The van der Waals surface area contributed by atoms with Crippen molar-refractivity contribution in [2.45, 2.75) is 12.5 Å². The van der Waals surface area contributed by atoms with E-state index in [1.54, 1.807) is 12.1 Å². The minimum Gasteiger partial charge on any atom is -0.508 e. The van der Waals surface area contributed by atoms with Gasteiger partial charge in [-0.05, 0) is 35.4 Å². The van der Waals surface area contributed by atoms with Crippen LogP contribution in [0.3, 0.4) is 0 Å². The van der Waals surface area contributed by atoms with Crippen molar-refractivity contribution in [2.24, 2.45) is 0 Å². The summed E-state index contributed by atoms with van der Waals surface area (Å²) in [7, 11) is 0. The second kappa shape index (κ2) is 5.32. The predicted molar refractivity (Wildman–Crippen MR) is 63.1 cm³/mol. The Morgan fingerprint density at radius 3 is 2.21 bits per heavy atom. The zero-order chi connectivity index (χ0) is 14.0. The standard InChI is InChI=1S/C14H11F3O2/c15-11-6-9(7-12(16)14(11)17)13(19)5-8-2-1-3-10(18)4-8/h1-4,6-7,13,18-19H,5H2. The highest BCUT2D eigenvalue weighted by Gasteiger charge is 2.16. The maximum absolute atomic E-state index is 13.0. The molecule has 0 spiro atoms. The second-order valence-corrected chi connectivity index (χ2v) is 4.19. The number of phenolic OH excluding ortho intramolecular Hbond substituents is 1. The van der Waals surface area contributed by atoms with Gasteiger partial charge >= 0.3 is 0 Å². The van der Waals surface area contributed by atoms with E-state index < -0.39 is 23.6 Å². The number of hydrogen-bond acceptors (Lipinski definition) is 2. The fourth-order valence-electron chi connectivity index (χ4n) is 1.79. The van der Waals surface area contributed by atoms with Gasteiger partial charge in [-0.3, -0.25) is 0 Å². The third kappa shape index (κ3) is 3.06. The van der Waals surface area contributed by atoms with Crippen LogP contribution < -0.4 is 0 Å². The van der Waals surface area contributed by atoms with Gasteiger partial charge in [-0.1, -0.05) is 12.1 Å². The molecule has 2 aromatic rings. The van der Waals surface area contributed by atoms with Gasteiger partial charge in [-0.25, -0.2) is 13.2 Å². The van der Waals surface area contributed by atoms with Crippen LogP contribution in [0.4, 0.5) is 13.2 Å². The lowest BCUT2D eigenvalue weighted by atomic mass is 10.0. The fraction of sp³-hybridized carbons (Fsp3) is 0.143. The van der Waals surface area contributed by atoms with Crippen LogP contribution in [-0.4, -0.2) is 10.2 Å². The van der Waals surface area contributed by atoms with Gasteiger partial charge in [0.2, 0.25) is 0 Å². The first-order chi connectivity index (χ1) is 8.97. The van der Waals surface area contributed by atoms with Gasteiger partial charge in [-0.15, -0.1) is 0 Å². The summed E-state index contributed by atoms with van der Waals surface area (Å²) in [6.07, 6.45) is -1.13. The van der Waals surface area contributed by atoms with Crippen molar-refractivity contribution in [3.63, 3.8) is 0 Å². The molecule has 2 aromatic carbocycles. The average Bonchev–Trinajstić information content (AvgIpc) is 2.35. The van der Waals surface area contributed by atoms with Crippen LogP contribution in [0.15, 0.2) is 36.4 Å². The van der Waals surface area contributed by atoms with E-state index in [9.17, 15) is 23.4 Å². The molecule has 0 aliphatic heterocycles. The van der Waals surface area contributed by atoms with Gasteiger partial charge in [-0.2, -0.15) is 0 Å². The Morgan fingerprint density at radius 2 is 1.63 bits per heavy atom. The highest BCUT2D eigenvalue weighted by atomic mass is 19.2. The van der Waals surface area contributed by atoms with Gasteiger partial charge in [0.05, 0.1) is 6.10 Å². The van der Waals surface area contributed by atoms with Crippen molar-refractivity contribution in [3.8, 4) is 5.75 Å². The largest absolute Gasteiger partial charge is 0.508 e. The Kier molecular flexibility index (Phi) is 3.76. The smallest absolute Gasteiger partial charge is 0.194 e. The van der Waals surface area contributed by atoms with E-state index in [1.165, 1.54) is 12.1 Å². The summed E-state index contributed by atoms with van der Waals surface area (Å²) < 4.78 is 38.9. The maximum Gasteiger partial charge on any atom is 0.194 e. The first-order valence-corrected chi connectivity index (χ1v) is 5.58. The number of aliphatic hydroxyl groups excluding tert-OH is 1. The molecule has 1 atom stereocenters. The normalized spacial score (nSPS) is 12.4. The summed E-state index contributed by atoms with van der Waals surface area (Å²) in [4.78, 5) is 0. The molecule has 2 rings (SSSR count). The molecule has 19 heavy (non-hydrogen) atoms. The third-order valence-electron chi connectivity index (χ3n) is 2.73. The summed E-state index contributed by atoms with van der Waals surface area (Å²) in [5, 5.41) is 19.1. The number of hydrogen-bond donors (Lipinski definition) is 2. The summed E-state index contributed by atoms with van der Waals surface area (Å²) in [6, 6.07) is 7.65. The van der Waals surface area contributed by atoms with Crippen LogP contribution in [0.25, 0.3) is 0 Å². The fourth-order valence-corrected chi connectivity index (χ4v) is 1.79. The first-order valence-electron chi connectivity index (χ1n) is 5.58. The molecule has 0 fully saturated rings. The number of benzene rings is 2. The number of aliphatic hydroxyl groups is 1. The highest BCUT2D eigenvalue weighted by molar-refractivity contribution is 5.29. The average molecular weight is 268 g/mol. The Bertz CT molecular complexity index is 576. The highest BCUT2D eigenvalue weighted by Crippen LogP contribution is 2.23. The molecular weight excluding hydrogens is 257 g/mol. The summed E-state index contributed by atoms with van der Waals surface area (Å²) in [6.45, 7) is 0. The van der Waals surface area contributed by atoms with Crippen molar-refractivity contribution in [1.82, 2.24) is 0 Å². The van der Waals surface area contributed by atoms with Crippen LogP contribution in [0.1, 0.15) is 17.2 Å². The van der Waals surface area contributed by atoms with Crippen LogP contribution in [0.5, 0.6) is 5.75 Å². The van der Waals surface area contributed by atoms with Crippen molar-refractivity contribution in [3.05, 3.63) is 65.0 Å². The molecule has 2 nitrogen and oxygen atoms in total. The van der Waals surface area contributed by atoms with Crippen molar-refractivity contribution < 1.29 is 23.4 Å². The minimum atomic E-state index is -1.56. The van der Waals surface area contributed by atoms with E-state index in [1.807, 2.05) is 0 Å². The van der Waals surface area contributed by atoms with E-state index in [-0.39, 0.29) is 17.7 Å². The topological polar surface area (TPSA) is 40.5 Å². The molecule has 100 valence electrons. The molecule has 0 heterocycles. The molecular formula is C14H11F3O2. The lowest BCUT2D eigenvalue weighted by molar-refractivity contribution is 0.177. The van der Waals surface area contributed by atoms with E-state index in [2.05, 4.69) is 0 Å². The Hall–Kier alpha value is -2.01. The molecule has 5 heteroatoms. The Morgan fingerprint density at radius 1 is 1.00 bits per heavy atom.